The zero-order valence-electron chi connectivity index (χ0n) is 25.5. The number of rotatable bonds is 17. The predicted octanol–water partition coefficient (Wildman–Crippen LogP) is -2.86. The smallest absolute Gasteiger partial charge is 0.407 e. The molecule has 0 unspecified atom stereocenters. The number of primary amides is 2. The third-order valence-corrected chi connectivity index (χ3v) is 6.80. The number of guanidine groups is 1. The highest BCUT2D eigenvalue weighted by Gasteiger charge is 2.46. The maximum Gasteiger partial charge on any atom is 0.407 e. The maximum absolute atomic E-state index is 12.7. The lowest BCUT2D eigenvalue weighted by atomic mass is 9.92. The topological polar surface area (TPSA) is 334 Å². The van der Waals surface area contributed by atoms with Crippen molar-refractivity contribution in [3.8, 4) is 0 Å². The van der Waals surface area contributed by atoms with Gasteiger partial charge in [0.1, 0.15) is 6.10 Å². The number of alkyl carbamates (subject to hydrolysis) is 1. The summed E-state index contributed by atoms with van der Waals surface area (Å²) in [7, 11) is 0. The third kappa shape index (κ3) is 11.2. The van der Waals surface area contributed by atoms with Gasteiger partial charge in [-0.1, -0.05) is 18.9 Å². The number of aliphatic hydroxyl groups excluding tert-OH is 2. The summed E-state index contributed by atoms with van der Waals surface area (Å²) in [5, 5.41) is 37.2. The second kappa shape index (κ2) is 17.9. The minimum absolute atomic E-state index is 0.110. The number of nitrogens with two attached hydrogens (primary N) is 4. The number of aliphatic carboxylic acids is 1. The van der Waals surface area contributed by atoms with Crippen LogP contribution in [0.4, 0.5) is 4.79 Å². The Balaban J connectivity index is 1.94. The van der Waals surface area contributed by atoms with Gasteiger partial charge in [-0.15, -0.1) is 0 Å². The molecule has 5 amide bonds. The van der Waals surface area contributed by atoms with Crippen molar-refractivity contribution in [3.63, 3.8) is 0 Å². The quantitative estimate of drug-likeness (QED) is 0.0455. The molecule has 19 nitrogen and oxygen atoms in total. The van der Waals surface area contributed by atoms with Gasteiger partial charge >= 0.3 is 12.1 Å². The van der Waals surface area contributed by atoms with Crippen LogP contribution in [0.5, 0.6) is 0 Å². The number of ether oxygens (including phenoxy) is 2. The summed E-state index contributed by atoms with van der Waals surface area (Å²) in [4.78, 5) is 76.3. The molecule has 1 aliphatic heterocycles. The average molecular weight is 665 g/mol. The standard InChI is InChI=1S/C28H40N8O11/c1-13(38)35-20-16(36-27(31)32)11-18(26(43)44)46-22(20)21(17(39)12-37)47-28(45)34-10-5-3-2-4-9-33-25(42)19-14(23(29)40)7-6-8-15(19)24(30)41/h6-8,11,16-17,20-22,37,39H,2-5,9-10,12H2,1H3,(H2,29,40)(H2,30,41)(H,33,42)(H,34,45)(H,35,38)(H,43,44)(H4,31,32,36)/t16-,17+,20+,21+,22+/m0/s1. The highest BCUT2D eigenvalue weighted by atomic mass is 16.6. The van der Waals surface area contributed by atoms with E-state index in [1.54, 1.807) is 0 Å². The van der Waals surface area contributed by atoms with Crippen molar-refractivity contribution < 1.29 is 53.6 Å². The lowest BCUT2D eigenvalue weighted by Gasteiger charge is -2.39. The first-order valence-corrected chi connectivity index (χ1v) is 14.4. The van der Waals surface area contributed by atoms with E-state index in [9.17, 15) is 44.1 Å². The van der Waals surface area contributed by atoms with Crippen molar-refractivity contribution in [2.24, 2.45) is 27.9 Å². The highest BCUT2D eigenvalue weighted by molar-refractivity contribution is 6.13. The summed E-state index contributed by atoms with van der Waals surface area (Å²) in [6, 6.07) is 1.60. The van der Waals surface area contributed by atoms with Crippen LogP contribution in [0, 0.1) is 0 Å². The Morgan fingerprint density at radius 2 is 1.53 bits per heavy atom. The molecule has 0 spiro atoms. The molecule has 0 radical (unpaired) electrons. The number of unbranched alkanes of at least 4 members (excludes halogenated alkanes) is 3. The van der Waals surface area contributed by atoms with Crippen molar-refractivity contribution in [1.82, 2.24) is 16.0 Å². The Bertz CT molecular complexity index is 1360. The first-order chi connectivity index (χ1) is 22.2. The van der Waals surface area contributed by atoms with Gasteiger partial charge in [-0.2, -0.15) is 0 Å². The number of hydrogen-bond acceptors (Lipinski definition) is 11. The molecular weight excluding hydrogens is 624 g/mol. The van der Waals surface area contributed by atoms with Crippen LogP contribution in [-0.4, -0.2) is 107 Å². The number of nitrogens with zero attached hydrogens (tertiary/aromatic N) is 1. The van der Waals surface area contributed by atoms with E-state index in [0.717, 1.165) is 13.0 Å². The van der Waals surface area contributed by atoms with Gasteiger partial charge < -0.3 is 63.7 Å². The molecular formula is C28H40N8O11. The molecule has 0 bridgehead atoms. The predicted molar refractivity (Wildman–Crippen MR) is 163 cm³/mol. The summed E-state index contributed by atoms with van der Waals surface area (Å²) in [5.74, 6) is -5.69. The molecule has 1 aliphatic rings. The number of carboxylic acid groups (broad SMARTS) is 1. The molecule has 1 heterocycles. The monoisotopic (exact) mass is 664 g/mol. The van der Waals surface area contributed by atoms with Gasteiger partial charge in [0.05, 0.1) is 35.4 Å². The number of carboxylic acids is 1. The lowest BCUT2D eigenvalue weighted by Crippen LogP contribution is -2.61. The number of hydrogen-bond donors (Lipinski definition) is 10. The third-order valence-electron chi connectivity index (χ3n) is 6.80. The van der Waals surface area contributed by atoms with Gasteiger partial charge in [0.25, 0.3) is 5.91 Å². The van der Waals surface area contributed by atoms with Gasteiger partial charge in [0, 0.05) is 20.0 Å². The van der Waals surface area contributed by atoms with Crippen molar-refractivity contribution >= 4 is 41.7 Å². The molecule has 0 saturated heterocycles. The number of carbonyl (C=O) groups excluding carboxylic acids is 5. The van der Waals surface area contributed by atoms with E-state index in [4.69, 9.17) is 32.4 Å². The average Bonchev–Trinajstić information content (AvgIpc) is 3.00. The summed E-state index contributed by atoms with van der Waals surface area (Å²) >= 11 is 0. The first kappa shape index (κ1) is 37.8. The largest absolute Gasteiger partial charge is 0.477 e. The maximum atomic E-state index is 12.7. The second-order valence-corrected chi connectivity index (χ2v) is 10.4. The lowest BCUT2D eigenvalue weighted by molar-refractivity contribution is -0.146. The van der Waals surface area contributed by atoms with Crippen molar-refractivity contribution in [1.29, 1.82) is 0 Å². The van der Waals surface area contributed by atoms with Crippen LogP contribution in [0.1, 0.15) is 63.7 Å². The molecule has 19 heteroatoms. The van der Waals surface area contributed by atoms with Crippen LogP contribution in [-0.2, 0) is 19.1 Å². The Morgan fingerprint density at radius 1 is 0.957 bits per heavy atom. The molecule has 47 heavy (non-hydrogen) atoms. The summed E-state index contributed by atoms with van der Waals surface area (Å²) < 4.78 is 10.8. The summed E-state index contributed by atoms with van der Waals surface area (Å²) in [6.45, 7) is 0.545. The van der Waals surface area contributed by atoms with Gasteiger partial charge in [-0.25, -0.2) is 14.6 Å². The minimum atomic E-state index is -1.76. The number of aliphatic imine (C=N–C) groups is 1. The molecule has 5 atom stereocenters. The normalized spacial score (nSPS) is 18.3. The Labute approximate surface area is 268 Å². The van der Waals surface area contributed by atoms with Crippen molar-refractivity contribution in [3.05, 3.63) is 46.7 Å². The zero-order valence-corrected chi connectivity index (χ0v) is 25.5. The van der Waals surface area contributed by atoms with Crippen LogP contribution in [0.2, 0.25) is 0 Å². The van der Waals surface area contributed by atoms with Crippen LogP contribution in [0.15, 0.2) is 35.0 Å². The molecule has 0 aromatic heterocycles. The fourth-order valence-electron chi connectivity index (χ4n) is 4.72. The molecule has 14 N–H and O–H groups in total. The Hall–Kier alpha value is -5.43. The van der Waals surface area contributed by atoms with E-state index in [2.05, 4.69) is 20.9 Å². The van der Waals surface area contributed by atoms with Crippen LogP contribution < -0.4 is 38.9 Å². The molecule has 1 aromatic carbocycles. The van der Waals surface area contributed by atoms with E-state index < -0.39 is 84.4 Å². The van der Waals surface area contributed by atoms with E-state index in [-0.39, 0.29) is 29.8 Å². The molecule has 0 fully saturated rings. The second-order valence-electron chi connectivity index (χ2n) is 10.4. The fraction of sp³-hybridized carbons (Fsp3) is 0.464. The Morgan fingerprint density at radius 3 is 2.02 bits per heavy atom. The SMILES string of the molecule is CC(=O)N[C@H]1[C@H]([C@H](OC(=O)NCCCCCCNC(=O)c2c(C(N)=O)cccc2C(N)=O)[C@H](O)CO)OC(C(=O)O)=C[C@@H]1N=C(N)N. The van der Waals surface area contributed by atoms with Crippen LogP contribution in [0.3, 0.4) is 0 Å². The van der Waals surface area contributed by atoms with Crippen molar-refractivity contribution in [2.75, 3.05) is 19.7 Å². The van der Waals surface area contributed by atoms with Gasteiger partial charge in [-0.3, -0.25) is 19.2 Å². The van der Waals surface area contributed by atoms with Gasteiger partial charge in [0.15, 0.2) is 18.2 Å². The van der Waals surface area contributed by atoms with E-state index in [1.165, 1.54) is 18.2 Å². The summed E-state index contributed by atoms with van der Waals surface area (Å²) in [6.07, 6.45) is -2.84. The molecule has 2 rings (SSSR count). The highest BCUT2D eigenvalue weighted by Crippen LogP contribution is 2.26. The number of benzene rings is 1. The molecule has 0 aliphatic carbocycles. The van der Waals surface area contributed by atoms with Crippen molar-refractivity contribution in [2.45, 2.75) is 63.0 Å². The number of nitrogens with one attached hydrogen (secondary N) is 3. The number of carbonyl (C=O) groups is 6. The summed E-state index contributed by atoms with van der Waals surface area (Å²) in [5.41, 5.74) is 21.1. The van der Waals surface area contributed by atoms with E-state index in [1.807, 2.05) is 0 Å². The van der Waals surface area contributed by atoms with Gasteiger partial charge in [-0.05, 0) is 31.1 Å². The van der Waals surface area contributed by atoms with Gasteiger partial charge in [0.2, 0.25) is 23.5 Å². The number of aliphatic hydroxyl groups is 2. The van der Waals surface area contributed by atoms with Crippen LogP contribution >= 0.6 is 0 Å². The Kier molecular flexibility index (Phi) is 14.4. The fourth-order valence-corrected chi connectivity index (χ4v) is 4.72. The zero-order chi connectivity index (χ0) is 35.3. The van der Waals surface area contributed by atoms with E-state index >= 15 is 0 Å². The molecule has 258 valence electrons. The van der Waals surface area contributed by atoms with Crippen LogP contribution in [0.25, 0.3) is 0 Å². The molecule has 0 saturated carbocycles. The number of amides is 5. The minimum Gasteiger partial charge on any atom is -0.477 e. The van der Waals surface area contributed by atoms with E-state index in [0.29, 0.717) is 25.7 Å². The first-order valence-electron chi connectivity index (χ1n) is 14.4. The molecule has 1 aromatic rings.